The van der Waals surface area contributed by atoms with Gasteiger partial charge in [0, 0.05) is 22.5 Å². The van der Waals surface area contributed by atoms with Gasteiger partial charge in [-0.2, -0.15) is 0 Å². The number of rotatable bonds is 8. The molecule has 1 aromatic carbocycles. The molecule has 0 unspecified atom stereocenters. The summed E-state index contributed by atoms with van der Waals surface area (Å²) in [7, 11) is 1.94. The third-order valence-electron chi connectivity index (χ3n) is 9.09. The van der Waals surface area contributed by atoms with Gasteiger partial charge < -0.3 is 15.4 Å². The normalized spacial score (nSPS) is 20.7. The van der Waals surface area contributed by atoms with Crippen LogP contribution < -0.4 is 20.7 Å². The zero-order valence-corrected chi connectivity index (χ0v) is 29.7. The maximum atomic E-state index is 13.6. The summed E-state index contributed by atoms with van der Waals surface area (Å²) in [4.78, 5) is 50.5. The number of anilines is 1. The fourth-order valence-electron chi connectivity index (χ4n) is 6.38. The lowest BCUT2D eigenvalue weighted by Gasteiger charge is -2.34. The third-order valence-corrected chi connectivity index (χ3v) is 9.09. The van der Waals surface area contributed by atoms with Gasteiger partial charge in [-0.05, 0) is 56.3 Å². The van der Waals surface area contributed by atoms with E-state index in [2.05, 4.69) is 56.9 Å². The van der Waals surface area contributed by atoms with Gasteiger partial charge in [0.05, 0.1) is 24.5 Å². The van der Waals surface area contributed by atoms with Gasteiger partial charge in [0.25, 0.3) is 0 Å². The number of nitrogens with one attached hydrogen (secondary N) is 3. The number of hydrogen-bond donors (Lipinski definition) is 3. The number of likely N-dealkylation sites (tertiary alicyclic amines) is 1. The van der Waals surface area contributed by atoms with Crippen molar-refractivity contribution in [3.05, 3.63) is 89.3 Å². The Bertz CT molecular complexity index is 1960. The number of aldehydes is 1. The smallest absolute Gasteiger partial charge is 0.321 e. The monoisotopic (exact) mass is 679 g/mol. The Labute approximate surface area is 291 Å². The molecule has 262 valence electrons. The van der Waals surface area contributed by atoms with Crippen molar-refractivity contribution in [3.8, 4) is 5.75 Å². The fraction of sp³-hybridized carbons (Fsp3) is 0.432. The third kappa shape index (κ3) is 7.09. The Morgan fingerprint density at radius 1 is 1.04 bits per heavy atom. The van der Waals surface area contributed by atoms with Crippen LogP contribution in [-0.4, -0.2) is 67.3 Å². The molecular weight excluding hydrogens is 634 g/mol. The molecule has 13 nitrogen and oxygen atoms in total. The molecular formula is C37H45N9O4. The largest absolute Gasteiger partial charge is 0.480 e. The lowest BCUT2D eigenvalue weighted by Crippen LogP contribution is -2.49. The van der Waals surface area contributed by atoms with E-state index in [1.54, 1.807) is 24.3 Å². The zero-order chi connectivity index (χ0) is 35.8. The number of amides is 3. The summed E-state index contributed by atoms with van der Waals surface area (Å²) < 4.78 is 8.36. The lowest BCUT2D eigenvalue weighted by atomic mass is 9.81. The molecule has 50 heavy (non-hydrogen) atoms. The van der Waals surface area contributed by atoms with Gasteiger partial charge in [-0.1, -0.05) is 65.8 Å². The second-order valence-corrected chi connectivity index (χ2v) is 15.1. The van der Waals surface area contributed by atoms with Crippen LogP contribution >= 0.6 is 0 Å². The molecule has 3 aromatic heterocycles. The highest BCUT2D eigenvalue weighted by molar-refractivity contribution is 5.92. The minimum absolute atomic E-state index is 0.0751. The van der Waals surface area contributed by atoms with Crippen molar-refractivity contribution >= 4 is 29.7 Å². The molecule has 3 N–H and O–H groups in total. The number of aromatic nitrogens is 5. The minimum Gasteiger partial charge on any atom is -0.480 e. The standard InChI is InChI=1S/C37H45N9O4/c1-35(2,3)28-19-29(40-30(39-28)20-38-32(48)26-13-10-18-45(26)7)41-34(49)42-37(22-47)17-16-27(24-11-8-9-12-25(24)37)50-23-14-15-31-43-44-33(36(4,5)6)46(31)21-23/h8-9,11-12,14-17,19,21-22,26-27H,10,13,18,20H2,1-7H3,(H,38,48)(H2,39,40,41,42,49)/t26-,27+,37+/m0/s1. The van der Waals surface area contributed by atoms with E-state index in [9.17, 15) is 14.4 Å². The van der Waals surface area contributed by atoms with E-state index in [-0.39, 0.29) is 35.1 Å². The number of fused-ring (bicyclic) bond motifs is 2. The number of likely N-dealkylation sites (N-methyl/N-ethyl adjacent to an activating group) is 1. The van der Waals surface area contributed by atoms with Crippen molar-refractivity contribution in [2.75, 3.05) is 18.9 Å². The van der Waals surface area contributed by atoms with Crippen LogP contribution in [0.25, 0.3) is 5.65 Å². The fourth-order valence-corrected chi connectivity index (χ4v) is 6.38. The van der Waals surface area contributed by atoms with E-state index in [1.165, 1.54) is 0 Å². The summed E-state index contributed by atoms with van der Waals surface area (Å²) in [5.74, 6) is 1.94. The summed E-state index contributed by atoms with van der Waals surface area (Å²) in [6.45, 7) is 13.2. The molecule has 1 aliphatic heterocycles. The van der Waals surface area contributed by atoms with Crippen LogP contribution in [0.3, 0.4) is 0 Å². The first-order chi connectivity index (χ1) is 23.7. The summed E-state index contributed by atoms with van der Waals surface area (Å²) in [5.41, 5.74) is 0.651. The first-order valence-electron chi connectivity index (χ1n) is 16.9. The molecule has 4 heterocycles. The number of ether oxygens (including phenoxy) is 1. The summed E-state index contributed by atoms with van der Waals surface area (Å²) in [6.07, 6.45) is 7.22. The average Bonchev–Trinajstić information content (AvgIpc) is 3.70. The van der Waals surface area contributed by atoms with Crippen molar-refractivity contribution in [3.63, 3.8) is 0 Å². The molecule has 2 aliphatic rings. The second kappa shape index (κ2) is 13.3. The highest BCUT2D eigenvalue weighted by atomic mass is 16.5. The number of carbonyl (C=O) groups excluding carboxylic acids is 3. The number of benzene rings is 1. The zero-order valence-electron chi connectivity index (χ0n) is 29.7. The number of nitrogens with zero attached hydrogens (tertiary/aromatic N) is 6. The van der Waals surface area contributed by atoms with Crippen molar-refractivity contribution < 1.29 is 19.1 Å². The quantitative estimate of drug-likeness (QED) is 0.177. The highest BCUT2D eigenvalue weighted by Crippen LogP contribution is 2.37. The van der Waals surface area contributed by atoms with E-state index in [1.807, 2.05) is 73.6 Å². The van der Waals surface area contributed by atoms with Crippen LogP contribution in [0.1, 0.15) is 89.0 Å². The summed E-state index contributed by atoms with van der Waals surface area (Å²) >= 11 is 0. The van der Waals surface area contributed by atoms with Gasteiger partial charge in [0.2, 0.25) is 5.91 Å². The Kier molecular flexibility index (Phi) is 9.21. The van der Waals surface area contributed by atoms with E-state index in [0.29, 0.717) is 34.8 Å². The van der Waals surface area contributed by atoms with Crippen LogP contribution in [0.5, 0.6) is 5.75 Å². The van der Waals surface area contributed by atoms with Gasteiger partial charge >= 0.3 is 6.03 Å². The molecule has 0 saturated carbocycles. The molecule has 0 radical (unpaired) electrons. The molecule has 6 rings (SSSR count). The molecule has 3 amide bonds. The van der Waals surface area contributed by atoms with E-state index in [4.69, 9.17) is 4.74 Å². The predicted molar refractivity (Wildman–Crippen MR) is 189 cm³/mol. The molecule has 13 heteroatoms. The number of urea groups is 1. The SMILES string of the molecule is CN1CCC[C@H]1C(=O)NCc1nc(NC(=O)N[C@@]2(C=O)C=C[C@@H](Oc3ccc4nnc(C(C)(C)C)n4c3)c3ccccc32)cc(C(C)(C)C)n1. The first kappa shape index (κ1) is 34.7. The van der Waals surface area contributed by atoms with Crippen LogP contribution in [-0.2, 0) is 32.5 Å². The van der Waals surface area contributed by atoms with Crippen LogP contribution in [0, 0.1) is 0 Å². The number of carbonyl (C=O) groups is 3. The van der Waals surface area contributed by atoms with Gasteiger partial charge in [-0.3, -0.25) is 24.2 Å². The Morgan fingerprint density at radius 3 is 2.52 bits per heavy atom. The van der Waals surface area contributed by atoms with Crippen LogP contribution in [0.15, 0.2) is 60.8 Å². The topological polar surface area (TPSA) is 156 Å². The summed E-state index contributed by atoms with van der Waals surface area (Å²) in [6, 6.07) is 11.9. The van der Waals surface area contributed by atoms with Crippen molar-refractivity contribution in [2.45, 2.75) is 89.4 Å². The Balaban J connectivity index is 1.21. The maximum Gasteiger partial charge on any atom is 0.321 e. The van der Waals surface area contributed by atoms with Gasteiger partial charge in [-0.15, -0.1) is 10.2 Å². The average molecular weight is 680 g/mol. The minimum atomic E-state index is -1.47. The van der Waals surface area contributed by atoms with Crippen molar-refractivity contribution in [1.29, 1.82) is 0 Å². The molecule has 3 atom stereocenters. The van der Waals surface area contributed by atoms with E-state index >= 15 is 0 Å². The Hall–Kier alpha value is -5.17. The lowest BCUT2D eigenvalue weighted by molar-refractivity contribution is -0.125. The van der Waals surface area contributed by atoms with Crippen LogP contribution in [0.4, 0.5) is 10.6 Å². The maximum absolute atomic E-state index is 13.6. The van der Waals surface area contributed by atoms with Gasteiger partial charge in [0.1, 0.15) is 34.9 Å². The highest BCUT2D eigenvalue weighted by Gasteiger charge is 2.38. The first-order valence-corrected chi connectivity index (χ1v) is 16.9. The molecule has 4 aromatic rings. The molecule has 1 aliphatic carbocycles. The van der Waals surface area contributed by atoms with Crippen LogP contribution in [0.2, 0.25) is 0 Å². The van der Waals surface area contributed by atoms with Crippen molar-refractivity contribution in [2.24, 2.45) is 0 Å². The molecule has 1 saturated heterocycles. The molecule has 1 fully saturated rings. The number of pyridine rings is 1. The summed E-state index contributed by atoms with van der Waals surface area (Å²) in [5, 5.41) is 17.3. The van der Waals surface area contributed by atoms with E-state index in [0.717, 1.165) is 30.8 Å². The van der Waals surface area contributed by atoms with Gasteiger partial charge in [-0.25, -0.2) is 14.8 Å². The number of hydrogen-bond acceptors (Lipinski definition) is 9. The molecule has 0 bridgehead atoms. The second-order valence-electron chi connectivity index (χ2n) is 15.1. The predicted octanol–water partition coefficient (Wildman–Crippen LogP) is 4.73. The molecule has 0 spiro atoms. The Morgan fingerprint density at radius 2 is 1.82 bits per heavy atom. The van der Waals surface area contributed by atoms with E-state index < -0.39 is 17.7 Å². The van der Waals surface area contributed by atoms with Gasteiger partial charge in [0.15, 0.2) is 11.9 Å². The van der Waals surface area contributed by atoms with Crippen molar-refractivity contribution in [1.82, 2.24) is 40.1 Å².